The first-order valence-electron chi connectivity index (χ1n) is 8.37. The first-order valence-corrected chi connectivity index (χ1v) is 8.37. The molecule has 1 amide bonds. The molecule has 0 aliphatic heterocycles. The van der Waals surface area contributed by atoms with Crippen molar-refractivity contribution in [3.63, 3.8) is 0 Å². The molecule has 2 aromatic heterocycles. The molecule has 1 unspecified atom stereocenters. The maximum atomic E-state index is 12.5. The molecule has 0 saturated carbocycles. The van der Waals surface area contributed by atoms with Crippen LogP contribution in [0.2, 0.25) is 0 Å². The van der Waals surface area contributed by atoms with E-state index in [0.29, 0.717) is 6.42 Å². The maximum absolute atomic E-state index is 12.5. The maximum Gasteiger partial charge on any atom is 0.225 e. The van der Waals surface area contributed by atoms with E-state index in [4.69, 9.17) is 0 Å². The summed E-state index contributed by atoms with van der Waals surface area (Å²) in [5.41, 5.74) is 4.68. The third kappa shape index (κ3) is 3.76. The smallest absolute Gasteiger partial charge is 0.225 e. The summed E-state index contributed by atoms with van der Waals surface area (Å²) in [6.45, 7) is 5.88. The van der Waals surface area contributed by atoms with Crippen molar-refractivity contribution in [3.05, 3.63) is 77.4 Å². The Morgan fingerprint density at radius 3 is 2.52 bits per heavy atom. The normalized spacial score (nSPS) is 12.0. The average Bonchev–Trinajstić information content (AvgIpc) is 2.91. The summed E-state index contributed by atoms with van der Waals surface area (Å²) < 4.78 is 1.89. The molecular formula is C20H22N4O. The number of nitrogens with one attached hydrogen (secondary N) is 1. The fraction of sp³-hybridized carbons (Fsp3) is 0.250. The monoisotopic (exact) mass is 334 g/mol. The molecule has 0 aliphatic carbocycles. The van der Waals surface area contributed by atoms with Crippen LogP contribution in [0.3, 0.4) is 0 Å². The highest BCUT2D eigenvalue weighted by Gasteiger charge is 2.17. The van der Waals surface area contributed by atoms with Gasteiger partial charge in [-0.2, -0.15) is 5.10 Å². The zero-order valence-electron chi connectivity index (χ0n) is 14.7. The standard InChI is InChI=1S/C20H22N4O/c1-14-18(16(3)24(23-14)17-9-5-4-6-10-17)13-20(25)22-15(2)19-11-7-8-12-21-19/h4-12,15H,13H2,1-3H3,(H,22,25). The molecule has 0 fully saturated rings. The Morgan fingerprint density at radius 1 is 1.12 bits per heavy atom. The third-order valence-corrected chi connectivity index (χ3v) is 4.29. The van der Waals surface area contributed by atoms with Gasteiger partial charge in [-0.25, -0.2) is 4.68 Å². The number of hydrogen-bond donors (Lipinski definition) is 1. The lowest BCUT2D eigenvalue weighted by molar-refractivity contribution is -0.121. The van der Waals surface area contributed by atoms with Crippen LogP contribution in [0.4, 0.5) is 0 Å². The van der Waals surface area contributed by atoms with Crippen molar-refractivity contribution in [1.82, 2.24) is 20.1 Å². The Bertz CT molecular complexity index is 856. The number of nitrogens with zero attached hydrogens (tertiary/aromatic N) is 3. The quantitative estimate of drug-likeness (QED) is 0.779. The molecule has 3 aromatic rings. The zero-order chi connectivity index (χ0) is 17.8. The van der Waals surface area contributed by atoms with E-state index in [1.54, 1.807) is 6.20 Å². The number of carbonyl (C=O) groups excluding carboxylic acids is 1. The van der Waals surface area contributed by atoms with E-state index in [1.165, 1.54) is 0 Å². The second-order valence-electron chi connectivity index (χ2n) is 6.12. The lowest BCUT2D eigenvalue weighted by Crippen LogP contribution is -2.28. The lowest BCUT2D eigenvalue weighted by atomic mass is 10.1. The molecule has 25 heavy (non-hydrogen) atoms. The lowest BCUT2D eigenvalue weighted by Gasteiger charge is -2.13. The van der Waals surface area contributed by atoms with Gasteiger partial charge in [0.05, 0.1) is 29.5 Å². The molecule has 5 heteroatoms. The van der Waals surface area contributed by atoms with Crippen LogP contribution < -0.4 is 5.32 Å². The van der Waals surface area contributed by atoms with E-state index < -0.39 is 0 Å². The molecule has 1 atom stereocenters. The van der Waals surface area contributed by atoms with Crippen LogP contribution >= 0.6 is 0 Å². The van der Waals surface area contributed by atoms with Gasteiger partial charge in [-0.3, -0.25) is 9.78 Å². The van der Waals surface area contributed by atoms with E-state index in [0.717, 1.165) is 28.3 Å². The van der Waals surface area contributed by atoms with E-state index in [9.17, 15) is 4.79 Å². The van der Waals surface area contributed by atoms with Gasteiger partial charge in [0.15, 0.2) is 0 Å². The van der Waals surface area contributed by atoms with Crippen molar-refractivity contribution in [2.75, 3.05) is 0 Å². The minimum Gasteiger partial charge on any atom is -0.348 e. The van der Waals surface area contributed by atoms with Crippen LogP contribution in [-0.4, -0.2) is 20.7 Å². The van der Waals surface area contributed by atoms with Crippen LogP contribution in [-0.2, 0) is 11.2 Å². The average molecular weight is 334 g/mol. The van der Waals surface area contributed by atoms with Gasteiger partial charge < -0.3 is 5.32 Å². The molecule has 128 valence electrons. The summed E-state index contributed by atoms with van der Waals surface area (Å²) in [5, 5.41) is 7.60. The van der Waals surface area contributed by atoms with Crippen molar-refractivity contribution in [1.29, 1.82) is 0 Å². The Labute approximate surface area is 147 Å². The van der Waals surface area contributed by atoms with Crippen LogP contribution in [0.5, 0.6) is 0 Å². The van der Waals surface area contributed by atoms with E-state index in [2.05, 4.69) is 15.4 Å². The molecule has 0 radical (unpaired) electrons. The number of carbonyl (C=O) groups is 1. The van der Waals surface area contributed by atoms with Crippen molar-refractivity contribution in [2.45, 2.75) is 33.2 Å². The first kappa shape index (κ1) is 16.9. The topological polar surface area (TPSA) is 59.8 Å². The van der Waals surface area contributed by atoms with Gasteiger partial charge in [-0.15, -0.1) is 0 Å². The van der Waals surface area contributed by atoms with Crippen molar-refractivity contribution >= 4 is 5.91 Å². The SMILES string of the molecule is Cc1nn(-c2ccccc2)c(C)c1CC(=O)NC(C)c1ccccn1. The van der Waals surface area contributed by atoms with Crippen LogP contribution in [0.1, 0.15) is 35.6 Å². The third-order valence-electron chi connectivity index (χ3n) is 4.29. The van der Waals surface area contributed by atoms with E-state index in [1.807, 2.05) is 74.0 Å². The Balaban J connectivity index is 1.75. The Kier molecular flexibility index (Phi) is 4.93. The van der Waals surface area contributed by atoms with Gasteiger partial charge in [0.1, 0.15) is 0 Å². The summed E-state index contributed by atoms with van der Waals surface area (Å²) in [5.74, 6) is -0.0306. The Morgan fingerprint density at radius 2 is 1.84 bits per heavy atom. The van der Waals surface area contributed by atoms with Crippen LogP contribution in [0, 0.1) is 13.8 Å². The molecule has 0 aliphatic rings. The highest BCUT2D eigenvalue weighted by Crippen LogP contribution is 2.19. The summed E-state index contributed by atoms with van der Waals surface area (Å²) in [7, 11) is 0. The van der Waals surface area contributed by atoms with Gasteiger partial charge in [0, 0.05) is 17.5 Å². The first-order chi connectivity index (χ1) is 12.1. The fourth-order valence-corrected chi connectivity index (χ4v) is 2.91. The van der Waals surface area contributed by atoms with Crippen molar-refractivity contribution < 1.29 is 4.79 Å². The summed E-state index contributed by atoms with van der Waals surface area (Å²) in [6.07, 6.45) is 2.04. The van der Waals surface area contributed by atoms with Gasteiger partial charge in [-0.1, -0.05) is 24.3 Å². The number of para-hydroxylation sites is 1. The van der Waals surface area contributed by atoms with E-state index in [-0.39, 0.29) is 11.9 Å². The van der Waals surface area contributed by atoms with Gasteiger partial charge in [-0.05, 0) is 45.0 Å². The molecule has 1 aromatic carbocycles. The van der Waals surface area contributed by atoms with Gasteiger partial charge >= 0.3 is 0 Å². The zero-order valence-corrected chi connectivity index (χ0v) is 14.7. The summed E-state index contributed by atoms with van der Waals surface area (Å²) in [6, 6.07) is 15.5. The van der Waals surface area contributed by atoms with Crippen molar-refractivity contribution in [2.24, 2.45) is 0 Å². The number of pyridine rings is 1. The predicted octanol–water partition coefficient (Wildman–Crippen LogP) is 3.30. The molecule has 1 N–H and O–H groups in total. The summed E-state index contributed by atoms with van der Waals surface area (Å²) in [4.78, 5) is 16.8. The molecule has 3 rings (SSSR count). The van der Waals surface area contributed by atoms with Gasteiger partial charge in [0.2, 0.25) is 5.91 Å². The minimum atomic E-state index is -0.126. The number of benzene rings is 1. The fourth-order valence-electron chi connectivity index (χ4n) is 2.91. The largest absolute Gasteiger partial charge is 0.348 e. The summed E-state index contributed by atoms with van der Waals surface area (Å²) >= 11 is 0. The van der Waals surface area contributed by atoms with Crippen LogP contribution in [0.15, 0.2) is 54.7 Å². The molecule has 0 spiro atoms. The molecule has 5 nitrogen and oxygen atoms in total. The number of hydrogen-bond acceptors (Lipinski definition) is 3. The van der Waals surface area contributed by atoms with E-state index >= 15 is 0 Å². The number of aromatic nitrogens is 3. The highest BCUT2D eigenvalue weighted by atomic mass is 16.1. The minimum absolute atomic E-state index is 0.0306. The molecule has 0 bridgehead atoms. The highest BCUT2D eigenvalue weighted by molar-refractivity contribution is 5.79. The Hall–Kier alpha value is -2.95. The number of aryl methyl sites for hydroxylation is 1. The second-order valence-corrected chi connectivity index (χ2v) is 6.12. The molecule has 0 saturated heterocycles. The van der Waals surface area contributed by atoms with Crippen LogP contribution in [0.25, 0.3) is 5.69 Å². The van der Waals surface area contributed by atoms with Crippen molar-refractivity contribution in [3.8, 4) is 5.69 Å². The molecular weight excluding hydrogens is 312 g/mol. The second kappa shape index (κ2) is 7.30. The number of rotatable bonds is 5. The predicted molar refractivity (Wildman–Crippen MR) is 97.5 cm³/mol. The van der Waals surface area contributed by atoms with Gasteiger partial charge in [0.25, 0.3) is 0 Å². The number of amides is 1. The molecule has 2 heterocycles.